The number of phenols is 1. The van der Waals surface area contributed by atoms with E-state index in [9.17, 15) is 19.5 Å². The van der Waals surface area contributed by atoms with Crippen LogP contribution in [0.3, 0.4) is 0 Å². The van der Waals surface area contributed by atoms with Crippen LogP contribution in [0.1, 0.15) is 28.8 Å². The second kappa shape index (κ2) is 7.13. The molecule has 0 heterocycles. The minimum atomic E-state index is -0.782. The maximum absolute atomic E-state index is 11.9. The number of ether oxygens (including phenoxy) is 1. The van der Waals surface area contributed by atoms with E-state index in [1.807, 2.05) is 0 Å². The third-order valence-electron chi connectivity index (χ3n) is 3.45. The second-order valence-electron chi connectivity index (χ2n) is 5.69. The number of carbonyl (C=O) groups excluding carboxylic acids is 3. The van der Waals surface area contributed by atoms with Crippen molar-refractivity contribution in [3.05, 3.63) is 29.3 Å². The summed E-state index contributed by atoms with van der Waals surface area (Å²) in [6, 6.07) is 4.76. The molecule has 0 aliphatic heterocycles. The quantitative estimate of drug-likeness (QED) is 0.748. The van der Waals surface area contributed by atoms with Crippen molar-refractivity contribution in [1.82, 2.24) is 10.2 Å². The Morgan fingerprint density at radius 1 is 1.35 bits per heavy atom. The number of aromatic hydroxyl groups is 1. The first-order valence-electron chi connectivity index (χ1n) is 7.37. The van der Waals surface area contributed by atoms with Crippen LogP contribution < -0.4 is 5.32 Å². The highest BCUT2D eigenvalue weighted by atomic mass is 16.5. The Morgan fingerprint density at radius 2 is 2.04 bits per heavy atom. The fourth-order valence-electron chi connectivity index (χ4n) is 1.93. The fourth-order valence-corrected chi connectivity index (χ4v) is 1.93. The van der Waals surface area contributed by atoms with Gasteiger partial charge in [0.05, 0.1) is 6.54 Å². The monoisotopic (exact) mass is 320 g/mol. The van der Waals surface area contributed by atoms with E-state index >= 15 is 0 Å². The molecule has 1 aliphatic rings. The molecule has 1 saturated carbocycles. The summed E-state index contributed by atoms with van der Waals surface area (Å²) in [4.78, 5) is 36.6. The normalized spacial score (nSPS) is 13.3. The van der Waals surface area contributed by atoms with Gasteiger partial charge in [0, 0.05) is 13.1 Å². The molecule has 1 fully saturated rings. The van der Waals surface area contributed by atoms with Gasteiger partial charge in [0.1, 0.15) is 11.3 Å². The lowest BCUT2D eigenvalue weighted by molar-refractivity contribution is -0.137. The lowest BCUT2D eigenvalue weighted by atomic mass is 10.1. The standard InChI is InChI=1S/C16H20N2O5/c1-10-3-6-13(19)12(7-10)16(22)23-9-15(21)18(2)8-14(20)17-11-4-5-11/h3,6-7,11,19H,4-5,8-9H2,1-2H3,(H,17,20). The molecule has 7 nitrogen and oxygen atoms in total. The van der Waals surface area contributed by atoms with Crippen LogP contribution in [0, 0.1) is 6.92 Å². The number of nitrogens with zero attached hydrogens (tertiary/aromatic N) is 1. The maximum Gasteiger partial charge on any atom is 0.342 e. The summed E-state index contributed by atoms with van der Waals surface area (Å²) < 4.78 is 4.90. The molecule has 0 aromatic heterocycles. The molecule has 0 spiro atoms. The number of hydrogen-bond acceptors (Lipinski definition) is 5. The van der Waals surface area contributed by atoms with E-state index in [0.717, 1.165) is 18.4 Å². The summed E-state index contributed by atoms with van der Waals surface area (Å²) in [5.74, 6) is -1.71. The molecule has 2 amide bonds. The number of aryl methyl sites for hydroxylation is 1. The van der Waals surface area contributed by atoms with Gasteiger partial charge in [-0.3, -0.25) is 9.59 Å². The predicted molar refractivity (Wildman–Crippen MR) is 81.9 cm³/mol. The number of phenolic OH excluding ortho intramolecular Hbond substituents is 1. The van der Waals surface area contributed by atoms with Gasteiger partial charge in [-0.1, -0.05) is 11.6 Å². The van der Waals surface area contributed by atoms with Crippen molar-refractivity contribution in [2.45, 2.75) is 25.8 Å². The number of esters is 1. The molecule has 23 heavy (non-hydrogen) atoms. The third-order valence-corrected chi connectivity index (χ3v) is 3.45. The highest BCUT2D eigenvalue weighted by Crippen LogP contribution is 2.19. The van der Waals surface area contributed by atoms with Crippen molar-refractivity contribution in [2.75, 3.05) is 20.2 Å². The fraction of sp³-hybridized carbons (Fsp3) is 0.438. The van der Waals surface area contributed by atoms with Gasteiger partial charge in [-0.2, -0.15) is 0 Å². The zero-order valence-electron chi connectivity index (χ0n) is 13.2. The summed E-state index contributed by atoms with van der Waals surface area (Å²) in [6.45, 7) is 1.20. The van der Waals surface area contributed by atoms with E-state index in [1.54, 1.807) is 13.0 Å². The number of carbonyl (C=O) groups is 3. The minimum absolute atomic E-state index is 0.00642. The number of hydrogen-bond donors (Lipinski definition) is 2. The van der Waals surface area contributed by atoms with Gasteiger partial charge in [-0.25, -0.2) is 4.79 Å². The summed E-state index contributed by atoms with van der Waals surface area (Å²) in [5, 5.41) is 12.4. The molecule has 0 atom stereocenters. The molecular formula is C16H20N2O5. The van der Waals surface area contributed by atoms with E-state index < -0.39 is 18.5 Å². The van der Waals surface area contributed by atoms with Crippen LogP contribution in [0.5, 0.6) is 5.75 Å². The topological polar surface area (TPSA) is 95.9 Å². The highest BCUT2D eigenvalue weighted by molar-refractivity contribution is 5.94. The summed E-state index contributed by atoms with van der Waals surface area (Å²) in [7, 11) is 1.47. The lowest BCUT2D eigenvalue weighted by Gasteiger charge is -2.16. The smallest absolute Gasteiger partial charge is 0.342 e. The van der Waals surface area contributed by atoms with Crippen LogP contribution in [-0.4, -0.2) is 54.0 Å². The molecule has 0 radical (unpaired) electrons. The Labute approximate surface area is 134 Å². The van der Waals surface area contributed by atoms with E-state index in [-0.39, 0.29) is 29.8 Å². The molecule has 1 aromatic carbocycles. The Balaban J connectivity index is 1.81. The largest absolute Gasteiger partial charge is 0.507 e. The van der Waals surface area contributed by atoms with E-state index in [4.69, 9.17) is 4.74 Å². The van der Waals surface area contributed by atoms with Crippen LogP contribution in [0.15, 0.2) is 18.2 Å². The zero-order chi connectivity index (χ0) is 17.0. The maximum atomic E-state index is 11.9. The third kappa shape index (κ3) is 4.98. The molecule has 2 N–H and O–H groups in total. The first kappa shape index (κ1) is 16.8. The molecule has 1 aliphatic carbocycles. The zero-order valence-corrected chi connectivity index (χ0v) is 13.2. The van der Waals surface area contributed by atoms with Crippen LogP contribution in [-0.2, 0) is 14.3 Å². The van der Waals surface area contributed by atoms with Gasteiger partial charge in [0.2, 0.25) is 5.91 Å². The Morgan fingerprint density at radius 3 is 2.70 bits per heavy atom. The number of rotatable bonds is 6. The number of benzene rings is 1. The van der Waals surface area contributed by atoms with E-state index in [2.05, 4.69) is 5.32 Å². The van der Waals surface area contributed by atoms with Crippen LogP contribution in [0.2, 0.25) is 0 Å². The summed E-state index contributed by atoms with van der Waals surface area (Å²) in [6.07, 6.45) is 1.95. The van der Waals surface area contributed by atoms with E-state index in [1.165, 1.54) is 24.1 Å². The van der Waals surface area contributed by atoms with Crippen molar-refractivity contribution in [3.8, 4) is 5.75 Å². The van der Waals surface area contributed by atoms with Gasteiger partial charge >= 0.3 is 5.97 Å². The van der Waals surface area contributed by atoms with Crippen molar-refractivity contribution in [1.29, 1.82) is 0 Å². The van der Waals surface area contributed by atoms with Crippen LogP contribution in [0.25, 0.3) is 0 Å². The lowest BCUT2D eigenvalue weighted by Crippen LogP contribution is -2.40. The van der Waals surface area contributed by atoms with Crippen molar-refractivity contribution in [2.24, 2.45) is 0 Å². The Kier molecular flexibility index (Phi) is 5.20. The average Bonchev–Trinajstić information content (AvgIpc) is 3.30. The molecule has 0 unspecified atom stereocenters. The summed E-state index contributed by atoms with van der Waals surface area (Å²) in [5.41, 5.74) is 0.793. The Hall–Kier alpha value is -2.57. The summed E-state index contributed by atoms with van der Waals surface area (Å²) >= 11 is 0. The first-order valence-corrected chi connectivity index (χ1v) is 7.37. The number of nitrogens with one attached hydrogen (secondary N) is 1. The average molecular weight is 320 g/mol. The van der Waals surface area contributed by atoms with E-state index in [0.29, 0.717) is 0 Å². The van der Waals surface area contributed by atoms with Gasteiger partial charge in [-0.15, -0.1) is 0 Å². The van der Waals surface area contributed by atoms with Crippen LogP contribution in [0.4, 0.5) is 0 Å². The molecule has 0 saturated heterocycles. The minimum Gasteiger partial charge on any atom is -0.507 e. The molecule has 124 valence electrons. The number of likely N-dealkylation sites (N-methyl/N-ethyl adjacent to an activating group) is 1. The van der Waals surface area contributed by atoms with Gasteiger partial charge in [0.15, 0.2) is 6.61 Å². The van der Waals surface area contributed by atoms with Crippen LogP contribution >= 0.6 is 0 Å². The van der Waals surface area contributed by atoms with Crippen molar-refractivity contribution in [3.63, 3.8) is 0 Å². The Bertz CT molecular complexity index is 625. The molecule has 2 rings (SSSR count). The number of amides is 2. The molecule has 7 heteroatoms. The molecule has 0 bridgehead atoms. The molecular weight excluding hydrogens is 300 g/mol. The van der Waals surface area contributed by atoms with Crippen molar-refractivity contribution < 1.29 is 24.2 Å². The van der Waals surface area contributed by atoms with Gasteiger partial charge in [0.25, 0.3) is 5.91 Å². The van der Waals surface area contributed by atoms with Gasteiger partial charge in [-0.05, 0) is 31.9 Å². The molecule has 1 aromatic rings. The SMILES string of the molecule is Cc1ccc(O)c(C(=O)OCC(=O)N(C)CC(=O)NC2CC2)c1. The first-order chi connectivity index (χ1) is 10.9. The van der Waals surface area contributed by atoms with Crippen molar-refractivity contribution >= 4 is 17.8 Å². The highest BCUT2D eigenvalue weighted by Gasteiger charge is 2.24. The second-order valence-corrected chi connectivity index (χ2v) is 5.69. The predicted octanol–water partition coefficient (Wildman–Crippen LogP) is 0.594. The van der Waals surface area contributed by atoms with Gasteiger partial charge < -0.3 is 20.1 Å².